The molecule has 3 aromatic rings. The predicted molar refractivity (Wildman–Crippen MR) is 116 cm³/mol. The fourth-order valence-corrected chi connectivity index (χ4v) is 3.18. The van der Waals surface area contributed by atoms with Crippen LogP contribution in [0, 0.1) is 10.1 Å². The first kappa shape index (κ1) is 21.3. The molecule has 0 fully saturated rings. The maximum Gasteiger partial charge on any atom is 0.295 e. The second-order valence-electron chi connectivity index (χ2n) is 7.08. The van der Waals surface area contributed by atoms with Gasteiger partial charge in [-0.3, -0.25) is 15.0 Å². The number of aliphatic hydroxyl groups excluding tert-OH is 1. The Morgan fingerprint density at radius 1 is 0.967 bits per heavy atom. The molecule has 0 radical (unpaired) electrons. The van der Waals surface area contributed by atoms with Gasteiger partial charge >= 0.3 is 0 Å². The number of nitrogens with zero attached hydrogens (tertiary/aromatic N) is 2. The van der Waals surface area contributed by atoms with Gasteiger partial charge < -0.3 is 15.6 Å². The third-order valence-electron chi connectivity index (χ3n) is 4.61. The van der Waals surface area contributed by atoms with E-state index in [2.05, 4.69) is 4.90 Å². The number of anilines is 1. The lowest BCUT2D eigenvalue weighted by Crippen LogP contribution is -2.35. The van der Waals surface area contributed by atoms with Crippen molar-refractivity contribution in [3.63, 3.8) is 0 Å². The molecular weight excluding hydrogens is 382 g/mol. The Morgan fingerprint density at radius 2 is 1.53 bits per heavy atom. The summed E-state index contributed by atoms with van der Waals surface area (Å²) in [4.78, 5) is 12.6. The van der Waals surface area contributed by atoms with Gasteiger partial charge in [-0.25, -0.2) is 0 Å². The molecule has 0 saturated carbocycles. The number of rotatable bonds is 10. The second kappa shape index (κ2) is 10.4. The maximum atomic E-state index is 11.0. The molecule has 1 atom stereocenters. The van der Waals surface area contributed by atoms with Crippen molar-refractivity contribution in [2.45, 2.75) is 19.2 Å². The Labute approximate surface area is 175 Å². The van der Waals surface area contributed by atoms with Gasteiger partial charge in [-0.05, 0) is 23.3 Å². The molecule has 156 valence electrons. The van der Waals surface area contributed by atoms with E-state index in [9.17, 15) is 15.2 Å². The Hall–Kier alpha value is -3.42. The van der Waals surface area contributed by atoms with Gasteiger partial charge in [0.1, 0.15) is 24.1 Å². The highest BCUT2D eigenvalue weighted by molar-refractivity contribution is 5.60. The van der Waals surface area contributed by atoms with Crippen molar-refractivity contribution in [1.82, 2.24) is 4.90 Å². The third-order valence-corrected chi connectivity index (χ3v) is 4.61. The molecule has 0 unspecified atom stereocenters. The Kier molecular flexibility index (Phi) is 7.37. The summed E-state index contributed by atoms with van der Waals surface area (Å²) in [5.74, 6) is 0.299. The van der Waals surface area contributed by atoms with Crippen LogP contribution in [0.2, 0.25) is 0 Å². The van der Waals surface area contributed by atoms with E-state index in [0.717, 1.165) is 11.1 Å². The van der Waals surface area contributed by atoms with E-state index in [1.165, 1.54) is 12.1 Å². The van der Waals surface area contributed by atoms with Crippen molar-refractivity contribution >= 4 is 11.4 Å². The highest BCUT2D eigenvalue weighted by atomic mass is 16.6. The fraction of sp³-hybridized carbons (Fsp3) is 0.217. The maximum absolute atomic E-state index is 11.0. The minimum atomic E-state index is -0.769. The minimum Gasteiger partial charge on any atom is -0.491 e. The van der Waals surface area contributed by atoms with Crippen molar-refractivity contribution in [2.24, 2.45) is 0 Å². The van der Waals surface area contributed by atoms with Crippen LogP contribution in [0.1, 0.15) is 11.1 Å². The summed E-state index contributed by atoms with van der Waals surface area (Å²) in [6.45, 7) is 1.77. The number of nitrogens with two attached hydrogens (primary N) is 1. The molecule has 7 nitrogen and oxygen atoms in total. The van der Waals surface area contributed by atoms with Crippen molar-refractivity contribution in [3.8, 4) is 5.75 Å². The zero-order valence-corrected chi connectivity index (χ0v) is 16.6. The quantitative estimate of drug-likeness (QED) is 0.302. The van der Waals surface area contributed by atoms with Crippen LogP contribution in [0.15, 0.2) is 78.9 Å². The topological polar surface area (TPSA) is 102 Å². The number of nitro benzene ring substituents is 1. The number of ether oxygens (including phenoxy) is 1. The van der Waals surface area contributed by atoms with Gasteiger partial charge in [-0.1, -0.05) is 60.7 Å². The standard InChI is InChI=1S/C23H25N3O4/c24-22-12-11-21(13-23(22)26(28)29)30-17-20(27)16-25(14-18-7-3-1-4-8-18)15-19-9-5-2-6-10-19/h1-13,20,27H,14-17,24H2/t20-/m0/s1. The van der Waals surface area contributed by atoms with Crippen molar-refractivity contribution in [1.29, 1.82) is 0 Å². The summed E-state index contributed by atoms with van der Waals surface area (Å²) in [5, 5.41) is 21.6. The summed E-state index contributed by atoms with van der Waals surface area (Å²) in [6.07, 6.45) is -0.769. The van der Waals surface area contributed by atoms with Crippen LogP contribution in [0.25, 0.3) is 0 Å². The fourth-order valence-electron chi connectivity index (χ4n) is 3.18. The molecule has 3 rings (SSSR count). The molecule has 0 aliphatic carbocycles. The molecule has 0 aliphatic heterocycles. The van der Waals surface area contributed by atoms with E-state index in [4.69, 9.17) is 10.5 Å². The lowest BCUT2D eigenvalue weighted by atomic mass is 10.1. The molecule has 0 spiro atoms. The van der Waals surface area contributed by atoms with Crippen molar-refractivity contribution < 1.29 is 14.8 Å². The Morgan fingerprint density at radius 3 is 2.07 bits per heavy atom. The monoisotopic (exact) mass is 407 g/mol. The van der Waals surface area contributed by atoms with E-state index >= 15 is 0 Å². The zero-order chi connectivity index (χ0) is 21.3. The molecular formula is C23H25N3O4. The van der Waals surface area contributed by atoms with Gasteiger partial charge in [-0.2, -0.15) is 0 Å². The van der Waals surface area contributed by atoms with E-state index in [-0.39, 0.29) is 18.0 Å². The predicted octanol–water partition coefficient (Wildman–Crippen LogP) is 3.62. The van der Waals surface area contributed by atoms with Crippen LogP contribution in [0.5, 0.6) is 5.75 Å². The number of benzene rings is 3. The van der Waals surface area contributed by atoms with Gasteiger partial charge in [0.15, 0.2) is 0 Å². The first-order valence-corrected chi connectivity index (χ1v) is 9.66. The lowest BCUT2D eigenvalue weighted by Gasteiger charge is -2.25. The number of nitrogen functional groups attached to an aromatic ring is 1. The molecule has 7 heteroatoms. The Balaban J connectivity index is 1.63. The Bertz CT molecular complexity index is 910. The van der Waals surface area contributed by atoms with Gasteiger partial charge in [-0.15, -0.1) is 0 Å². The first-order chi connectivity index (χ1) is 14.5. The highest BCUT2D eigenvalue weighted by Gasteiger charge is 2.16. The molecule has 3 N–H and O–H groups in total. The van der Waals surface area contributed by atoms with Crippen LogP contribution in [-0.4, -0.2) is 34.2 Å². The number of nitro groups is 1. The van der Waals surface area contributed by atoms with E-state index in [1.54, 1.807) is 6.07 Å². The minimum absolute atomic E-state index is 0.0150. The van der Waals surface area contributed by atoms with Crippen LogP contribution in [0.3, 0.4) is 0 Å². The summed E-state index contributed by atoms with van der Waals surface area (Å²) in [6, 6.07) is 24.4. The van der Waals surface area contributed by atoms with E-state index < -0.39 is 11.0 Å². The van der Waals surface area contributed by atoms with Crippen LogP contribution >= 0.6 is 0 Å². The molecule has 30 heavy (non-hydrogen) atoms. The van der Waals surface area contributed by atoms with E-state index in [0.29, 0.717) is 25.4 Å². The SMILES string of the molecule is Nc1ccc(OC[C@@H](O)CN(Cc2ccccc2)Cc2ccccc2)cc1[N+](=O)[O-]. The zero-order valence-electron chi connectivity index (χ0n) is 16.6. The molecule has 0 heterocycles. The largest absolute Gasteiger partial charge is 0.491 e. The molecule has 3 aromatic carbocycles. The van der Waals surface area contributed by atoms with Crippen LogP contribution in [0.4, 0.5) is 11.4 Å². The molecule has 0 aromatic heterocycles. The van der Waals surface area contributed by atoms with Gasteiger partial charge in [0.2, 0.25) is 0 Å². The van der Waals surface area contributed by atoms with Crippen LogP contribution in [-0.2, 0) is 13.1 Å². The van der Waals surface area contributed by atoms with Gasteiger partial charge in [0.25, 0.3) is 5.69 Å². The highest BCUT2D eigenvalue weighted by Crippen LogP contribution is 2.26. The number of hydrogen-bond acceptors (Lipinski definition) is 6. The summed E-state index contributed by atoms with van der Waals surface area (Å²) >= 11 is 0. The number of hydrogen-bond donors (Lipinski definition) is 2. The molecule has 0 saturated heterocycles. The average Bonchev–Trinajstić information content (AvgIpc) is 2.74. The van der Waals surface area contributed by atoms with Crippen molar-refractivity contribution in [2.75, 3.05) is 18.9 Å². The number of aliphatic hydroxyl groups is 1. The van der Waals surface area contributed by atoms with Gasteiger partial charge in [0.05, 0.1) is 11.0 Å². The molecule has 0 amide bonds. The summed E-state index contributed by atoms with van der Waals surface area (Å²) in [7, 11) is 0. The van der Waals surface area contributed by atoms with E-state index in [1.807, 2.05) is 60.7 Å². The summed E-state index contributed by atoms with van der Waals surface area (Å²) in [5.41, 5.74) is 7.77. The van der Waals surface area contributed by atoms with Crippen LogP contribution < -0.4 is 10.5 Å². The average molecular weight is 407 g/mol. The normalized spacial score (nSPS) is 11.9. The molecule has 0 bridgehead atoms. The lowest BCUT2D eigenvalue weighted by molar-refractivity contribution is -0.384. The van der Waals surface area contributed by atoms with Crippen molar-refractivity contribution in [3.05, 3.63) is 100 Å². The summed E-state index contributed by atoms with van der Waals surface area (Å²) < 4.78 is 5.58. The smallest absolute Gasteiger partial charge is 0.295 e. The second-order valence-corrected chi connectivity index (χ2v) is 7.08. The van der Waals surface area contributed by atoms with Gasteiger partial charge in [0, 0.05) is 19.6 Å². The third kappa shape index (κ3) is 6.30. The first-order valence-electron chi connectivity index (χ1n) is 9.66. The molecule has 0 aliphatic rings.